The van der Waals surface area contributed by atoms with E-state index in [2.05, 4.69) is 20.9 Å². The van der Waals surface area contributed by atoms with Gasteiger partial charge < -0.3 is 20.9 Å². The van der Waals surface area contributed by atoms with Crippen molar-refractivity contribution in [3.05, 3.63) is 0 Å². The summed E-state index contributed by atoms with van der Waals surface area (Å²) in [6.45, 7) is 0.413. The van der Waals surface area contributed by atoms with Crippen LogP contribution in [0.4, 0.5) is 9.59 Å². The number of carbonyl (C=O) groups excluding carboxylic acids is 2. The van der Waals surface area contributed by atoms with Crippen LogP contribution in [0.25, 0.3) is 0 Å². The molecule has 0 spiro atoms. The molecule has 6 nitrogen and oxygen atoms in total. The van der Waals surface area contributed by atoms with Gasteiger partial charge in [0, 0.05) is 5.75 Å². The highest BCUT2D eigenvalue weighted by atomic mass is 32.2. The summed E-state index contributed by atoms with van der Waals surface area (Å²) in [4.78, 5) is 19.2. The number of methoxy groups -OCH3 is 1. The van der Waals surface area contributed by atoms with E-state index in [4.69, 9.17) is 0 Å². The quantitative estimate of drug-likeness (QED) is 0.645. The van der Waals surface area contributed by atoms with Crippen molar-refractivity contribution in [3.8, 4) is 0 Å². The summed E-state index contributed by atoms with van der Waals surface area (Å²) in [5, 5.41) is 0. The molecule has 0 heterocycles. The minimum absolute atomic E-state index is 0.413. The number of rotatable bonds is 3. The van der Waals surface area contributed by atoms with Gasteiger partial charge in [0.1, 0.15) is 6.61 Å². The molecule has 0 unspecified atom stereocenters. The molecular weight excluding hydrogens is 196 g/mol. The molecule has 0 aliphatic heterocycles. The summed E-state index contributed by atoms with van der Waals surface area (Å²) >= 11 is 1.61. The van der Waals surface area contributed by atoms with Gasteiger partial charge in [0.05, 0.1) is 7.11 Å². The van der Waals surface area contributed by atoms with E-state index in [-0.39, 0.29) is 0 Å². The first kappa shape index (κ1) is 14.4. The Morgan fingerprint density at radius 3 is 2.00 bits per heavy atom. The number of amides is 2. The monoisotopic (exact) mass is 210 g/mol. The highest BCUT2D eigenvalue weighted by Gasteiger charge is 1.89. The van der Waals surface area contributed by atoms with Crippen molar-refractivity contribution < 1.29 is 19.1 Å². The average Bonchev–Trinajstić information content (AvgIpc) is 2.05. The SMILES string of the molecule is COC(N)=O.CSCCOC(N)=O. The topological polar surface area (TPSA) is 105 Å². The number of nitrogens with two attached hydrogens (primary N) is 2. The predicted molar refractivity (Wildman–Crippen MR) is 50.5 cm³/mol. The molecule has 78 valence electrons. The Hall–Kier alpha value is -1.11. The number of primary amides is 2. The van der Waals surface area contributed by atoms with Crippen molar-refractivity contribution >= 4 is 23.9 Å². The number of hydrogen-bond donors (Lipinski definition) is 2. The van der Waals surface area contributed by atoms with Gasteiger partial charge in [-0.3, -0.25) is 0 Å². The third kappa shape index (κ3) is 24.8. The summed E-state index contributed by atoms with van der Waals surface area (Å²) < 4.78 is 8.29. The van der Waals surface area contributed by atoms with Gasteiger partial charge in [0.2, 0.25) is 0 Å². The molecular formula is C6H14N2O4S. The van der Waals surface area contributed by atoms with E-state index in [1.54, 1.807) is 11.8 Å². The first-order valence-corrected chi connectivity index (χ1v) is 4.68. The lowest BCUT2D eigenvalue weighted by atomic mass is 10.8. The van der Waals surface area contributed by atoms with Crippen LogP contribution in [0.3, 0.4) is 0 Å². The van der Waals surface area contributed by atoms with Crippen LogP contribution in [0.2, 0.25) is 0 Å². The van der Waals surface area contributed by atoms with E-state index >= 15 is 0 Å². The molecule has 4 N–H and O–H groups in total. The fourth-order valence-corrected chi connectivity index (χ4v) is 0.476. The standard InChI is InChI=1S/C4H9NO2S.C2H5NO2/c1-8-3-2-7-4(5)6;1-5-2(3)4/h2-3H2,1H3,(H2,5,6);1H3,(H2,3,4). The Labute approximate surface area is 80.9 Å². The molecule has 0 rings (SSSR count). The molecule has 0 bridgehead atoms. The fourth-order valence-electron chi connectivity index (χ4n) is 0.226. The van der Waals surface area contributed by atoms with Crippen molar-refractivity contribution in [1.29, 1.82) is 0 Å². The first-order chi connectivity index (χ1) is 6.04. The Kier molecular flexibility index (Phi) is 12.1. The zero-order valence-corrected chi connectivity index (χ0v) is 8.43. The van der Waals surface area contributed by atoms with Crippen LogP contribution in [0, 0.1) is 0 Å². The minimum atomic E-state index is -0.745. The smallest absolute Gasteiger partial charge is 0.404 e. The van der Waals surface area contributed by atoms with Gasteiger partial charge in [0.25, 0.3) is 0 Å². The largest absolute Gasteiger partial charge is 0.453 e. The van der Waals surface area contributed by atoms with Crippen LogP contribution in [0.15, 0.2) is 0 Å². The highest BCUT2D eigenvalue weighted by Crippen LogP contribution is 1.89. The van der Waals surface area contributed by atoms with Gasteiger partial charge >= 0.3 is 12.2 Å². The van der Waals surface area contributed by atoms with E-state index in [0.29, 0.717) is 6.61 Å². The molecule has 0 fully saturated rings. The lowest BCUT2D eigenvalue weighted by Gasteiger charge is -1.95. The molecule has 0 saturated carbocycles. The zero-order chi connectivity index (χ0) is 10.7. The van der Waals surface area contributed by atoms with Crippen LogP contribution < -0.4 is 11.5 Å². The molecule has 13 heavy (non-hydrogen) atoms. The van der Waals surface area contributed by atoms with Gasteiger partial charge in [0.15, 0.2) is 0 Å². The molecule has 0 radical (unpaired) electrons. The normalized spacial score (nSPS) is 7.85. The van der Waals surface area contributed by atoms with Crippen LogP contribution in [-0.4, -0.2) is 37.9 Å². The zero-order valence-electron chi connectivity index (χ0n) is 7.61. The minimum Gasteiger partial charge on any atom is -0.453 e. The second kappa shape index (κ2) is 10.9. The van der Waals surface area contributed by atoms with E-state index in [1.165, 1.54) is 7.11 Å². The summed E-state index contributed by atoms with van der Waals surface area (Å²) in [7, 11) is 1.22. The van der Waals surface area contributed by atoms with E-state index in [1.807, 2.05) is 6.26 Å². The van der Waals surface area contributed by atoms with Crippen molar-refractivity contribution in [2.75, 3.05) is 25.7 Å². The third-order valence-electron chi connectivity index (χ3n) is 0.733. The highest BCUT2D eigenvalue weighted by molar-refractivity contribution is 7.98. The van der Waals surface area contributed by atoms with Crippen molar-refractivity contribution in [1.82, 2.24) is 0 Å². The van der Waals surface area contributed by atoms with Crippen LogP contribution >= 0.6 is 11.8 Å². The maximum Gasteiger partial charge on any atom is 0.404 e. The summed E-state index contributed by atoms with van der Waals surface area (Å²) in [5.41, 5.74) is 9.09. The maximum absolute atomic E-state index is 9.86. The van der Waals surface area contributed by atoms with Crippen LogP contribution in [0.5, 0.6) is 0 Å². The molecule has 0 aliphatic rings. The van der Waals surface area contributed by atoms with Gasteiger partial charge in [-0.15, -0.1) is 0 Å². The van der Waals surface area contributed by atoms with Crippen molar-refractivity contribution in [2.24, 2.45) is 11.5 Å². The predicted octanol–water partition coefficient (Wildman–Crippen LogP) is 0.156. The third-order valence-corrected chi connectivity index (χ3v) is 1.31. The maximum atomic E-state index is 9.86. The van der Waals surface area contributed by atoms with Gasteiger partial charge in [-0.05, 0) is 6.26 Å². The Bertz CT molecular complexity index is 154. The van der Waals surface area contributed by atoms with E-state index in [9.17, 15) is 9.59 Å². The van der Waals surface area contributed by atoms with Gasteiger partial charge in [-0.1, -0.05) is 0 Å². The van der Waals surface area contributed by atoms with Crippen molar-refractivity contribution in [2.45, 2.75) is 0 Å². The molecule has 0 aromatic carbocycles. The number of carbonyl (C=O) groups is 2. The Morgan fingerprint density at radius 1 is 1.31 bits per heavy atom. The Morgan fingerprint density at radius 2 is 1.77 bits per heavy atom. The van der Waals surface area contributed by atoms with E-state index < -0.39 is 12.2 Å². The summed E-state index contributed by atoms with van der Waals surface area (Å²) in [6.07, 6.45) is 0.494. The molecule has 2 amide bonds. The number of hydrogen-bond acceptors (Lipinski definition) is 5. The lowest BCUT2D eigenvalue weighted by Crippen LogP contribution is -2.14. The second-order valence-electron chi connectivity index (χ2n) is 1.68. The summed E-state index contributed by atoms with van der Waals surface area (Å²) in [6, 6.07) is 0. The van der Waals surface area contributed by atoms with Crippen LogP contribution in [0.1, 0.15) is 0 Å². The fraction of sp³-hybridized carbons (Fsp3) is 0.667. The number of thioether (sulfide) groups is 1. The lowest BCUT2D eigenvalue weighted by molar-refractivity contribution is 0.164. The second-order valence-corrected chi connectivity index (χ2v) is 2.67. The molecule has 0 saturated heterocycles. The molecule has 7 heteroatoms. The average molecular weight is 210 g/mol. The van der Waals surface area contributed by atoms with Crippen LogP contribution in [-0.2, 0) is 9.47 Å². The van der Waals surface area contributed by atoms with E-state index in [0.717, 1.165) is 5.75 Å². The summed E-state index contributed by atoms with van der Waals surface area (Å²) in [5.74, 6) is 0.808. The molecule has 0 aliphatic carbocycles. The number of ether oxygens (including phenoxy) is 2. The van der Waals surface area contributed by atoms with Gasteiger partial charge in [-0.2, -0.15) is 11.8 Å². The van der Waals surface area contributed by atoms with Crippen molar-refractivity contribution in [3.63, 3.8) is 0 Å². The molecule has 0 aromatic heterocycles. The molecule has 0 aromatic rings. The van der Waals surface area contributed by atoms with Gasteiger partial charge in [-0.25, -0.2) is 9.59 Å². The Balaban J connectivity index is 0. The first-order valence-electron chi connectivity index (χ1n) is 3.29. The molecule has 0 atom stereocenters.